The molecule has 0 unspecified atom stereocenters. The molecule has 0 spiro atoms. The molecular formula is C21H21N3O4S2. The normalized spacial score (nSPS) is 10.5. The fraction of sp³-hybridized carbons (Fsp3) is 0.190. The lowest BCUT2D eigenvalue weighted by molar-refractivity contribution is 0.0693. The van der Waals surface area contributed by atoms with Crippen LogP contribution in [0.25, 0.3) is 0 Å². The SMILES string of the molecule is COc1ccc(CSc2cnc(NC(=O)c3ccc(N(C)C)cc3)s2)cc1C(=O)O. The average Bonchev–Trinajstić information content (AvgIpc) is 3.19. The van der Waals surface area contributed by atoms with Gasteiger partial charge >= 0.3 is 5.97 Å². The maximum absolute atomic E-state index is 12.4. The van der Waals surface area contributed by atoms with Gasteiger partial charge in [0.1, 0.15) is 11.3 Å². The maximum atomic E-state index is 12.4. The monoisotopic (exact) mass is 443 g/mol. The fourth-order valence-corrected chi connectivity index (χ4v) is 4.44. The van der Waals surface area contributed by atoms with Crippen LogP contribution >= 0.6 is 23.1 Å². The van der Waals surface area contributed by atoms with Crippen LogP contribution in [-0.2, 0) is 5.75 Å². The predicted octanol–water partition coefficient (Wildman–Crippen LogP) is 4.46. The van der Waals surface area contributed by atoms with Gasteiger partial charge in [-0.15, -0.1) is 11.8 Å². The third kappa shape index (κ3) is 5.31. The number of rotatable bonds is 8. The van der Waals surface area contributed by atoms with Crippen LogP contribution in [0.15, 0.2) is 52.9 Å². The first-order chi connectivity index (χ1) is 14.4. The third-order valence-electron chi connectivity index (χ3n) is 4.23. The van der Waals surface area contributed by atoms with Crippen molar-refractivity contribution in [2.24, 2.45) is 0 Å². The van der Waals surface area contributed by atoms with Crippen molar-refractivity contribution in [3.8, 4) is 5.75 Å². The molecule has 3 aromatic rings. The summed E-state index contributed by atoms with van der Waals surface area (Å²) in [5.74, 6) is -0.337. The van der Waals surface area contributed by atoms with Crippen molar-refractivity contribution in [3.63, 3.8) is 0 Å². The molecule has 1 heterocycles. The number of ether oxygens (including phenoxy) is 1. The second-order valence-electron chi connectivity index (χ2n) is 6.51. The number of nitrogens with one attached hydrogen (secondary N) is 1. The number of carboxylic acid groups (broad SMARTS) is 1. The van der Waals surface area contributed by atoms with Gasteiger partial charge < -0.3 is 14.7 Å². The number of thioether (sulfide) groups is 1. The average molecular weight is 444 g/mol. The van der Waals surface area contributed by atoms with E-state index in [0.29, 0.717) is 22.2 Å². The molecule has 1 amide bonds. The summed E-state index contributed by atoms with van der Waals surface area (Å²) in [6, 6.07) is 12.4. The Morgan fingerprint density at radius 3 is 2.57 bits per heavy atom. The zero-order valence-electron chi connectivity index (χ0n) is 16.7. The Morgan fingerprint density at radius 1 is 1.20 bits per heavy atom. The molecule has 7 nitrogen and oxygen atoms in total. The Kier molecular flexibility index (Phi) is 6.96. The van der Waals surface area contributed by atoms with Gasteiger partial charge in [0.05, 0.1) is 17.5 Å². The van der Waals surface area contributed by atoms with E-state index in [1.165, 1.54) is 30.2 Å². The van der Waals surface area contributed by atoms with Gasteiger partial charge in [-0.3, -0.25) is 10.1 Å². The van der Waals surface area contributed by atoms with E-state index in [4.69, 9.17) is 4.74 Å². The number of amides is 1. The number of carbonyl (C=O) groups excluding carboxylic acids is 1. The maximum Gasteiger partial charge on any atom is 0.339 e. The largest absolute Gasteiger partial charge is 0.496 e. The lowest BCUT2D eigenvalue weighted by Gasteiger charge is -2.12. The molecule has 0 fully saturated rings. The lowest BCUT2D eigenvalue weighted by atomic mass is 10.1. The minimum absolute atomic E-state index is 0.133. The van der Waals surface area contributed by atoms with Crippen molar-refractivity contribution >= 4 is 45.8 Å². The van der Waals surface area contributed by atoms with Crippen LogP contribution in [0.5, 0.6) is 5.75 Å². The van der Waals surface area contributed by atoms with Crippen LogP contribution in [0.3, 0.4) is 0 Å². The molecule has 0 atom stereocenters. The van der Waals surface area contributed by atoms with Gasteiger partial charge in [-0.25, -0.2) is 9.78 Å². The van der Waals surface area contributed by atoms with Crippen LogP contribution in [-0.4, -0.2) is 43.2 Å². The fourth-order valence-electron chi connectivity index (χ4n) is 2.63. The van der Waals surface area contributed by atoms with Crippen molar-refractivity contribution < 1.29 is 19.4 Å². The molecule has 0 aliphatic carbocycles. The molecule has 0 radical (unpaired) electrons. The van der Waals surface area contributed by atoms with Gasteiger partial charge in [0.25, 0.3) is 5.91 Å². The predicted molar refractivity (Wildman–Crippen MR) is 120 cm³/mol. The van der Waals surface area contributed by atoms with E-state index in [2.05, 4.69) is 10.3 Å². The summed E-state index contributed by atoms with van der Waals surface area (Å²) in [6.45, 7) is 0. The molecule has 0 bridgehead atoms. The number of anilines is 2. The van der Waals surface area contributed by atoms with Crippen LogP contribution < -0.4 is 15.0 Å². The molecule has 1 aromatic heterocycles. The second kappa shape index (κ2) is 9.64. The zero-order valence-corrected chi connectivity index (χ0v) is 18.3. The second-order valence-corrected chi connectivity index (χ2v) is 8.81. The zero-order chi connectivity index (χ0) is 21.7. The van der Waals surface area contributed by atoms with Crippen LogP contribution in [0.2, 0.25) is 0 Å². The van der Waals surface area contributed by atoms with Crippen molar-refractivity contribution in [1.82, 2.24) is 4.98 Å². The molecule has 2 aromatic carbocycles. The number of carbonyl (C=O) groups is 2. The molecule has 0 saturated carbocycles. The van der Waals surface area contributed by atoms with Crippen LogP contribution in [0.1, 0.15) is 26.3 Å². The summed E-state index contributed by atoms with van der Waals surface area (Å²) in [7, 11) is 5.33. The van der Waals surface area contributed by atoms with Crippen molar-refractivity contribution in [1.29, 1.82) is 0 Å². The van der Waals surface area contributed by atoms with Crippen LogP contribution in [0, 0.1) is 0 Å². The van der Waals surface area contributed by atoms with E-state index in [1.807, 2.05) is 37.2 Å². The molecule has 9 heteroatoms. The number of aromatic nitrogens is 1. The highest BCUT2D eigenvalue weighted by molar-refractivity contribution is 8.00. The van der Waals surface area contributed by atoms with Crippen molar-refractivity contribution in [3.05, 3.63) is 65.4 Å². The summed E-state index contributed by atoms with van der Waals surface area (Å²) in [5.41, 5.74) is 2.57. The first-order valence-corrected chi connectivity index (χ1v) is 10.7. The minimum atomic E-state index is -1.03. The van der Waals surface area contributed by atoms with Crippen LogP contribution in [0.4, 0.5) is 10.8 Å². The summed E-state index contributed by atoms with van der Waals surface area (Å²) in [5, 5.41) is 12.6. The lowest BCUT2D eigenvalue weighted by Crippen LogP contribution is -2.12. The van der Waals surface area contributed by atoms with E-state index < -0.39 is 5.97 Å². The van der Waals surface area contributed by atoms with Gasteiger partial charge in [-0.05, 0) is 42.0 Å². The number of hydrogen-bond donors (Lipinski definition) is 2. The quantitative estimate of drug-likeness (QED) is 0.497. The van der Waals surface area contributed by atoms with Gasteiger partial charge in [0, 0.05) is 31.1 Å². The van der Waals surface area contributed by atoms with Crippen molar-refractivity contribution in [2.75, 3.05) is 31.4 Å². The Labute approximate surface area is 182 Å². The number of carboxylic acids is 1. The first kappa shape index (κ1) is 21.7. The van der Waals surface area contributed by atoms with E-state index in [0.717, 1.165) is 15.5 Å². The summed E-state index contributed by atoms with van der Waals surface area (Å²) >= 11 is 2.89. The van der Waals surface area contributed by atoms with E-state index in [-0.39, 0.29) is 11.5 Å². The van der Waals surface area contributed by atoms with E-state index >= 15 is 0 Å². The minimum Gasteiger partial charge on any atom is -0.496 e. The number of methoxy groups -OCH3 is 1. The Morgan fingerprint density at radius 2 is 1.93 bits per heavy atom. The Bertz CT molecular complexity index is 1050. The number of hydrogen-bond acceptors (Lipinski definition) is 7. The number of benzene rings is 2. The van der Waals surface area contributed by atoms with Gasteiger partial charge in [0.2, 0.25) is 0 Å². The molecule has 0 aliphatic heterocycles. The molecule has 30 heavy (non-hydrogen) atoms. The highest BCUT2D eigenvalue weighted by Crippen LogP contribution is 2.32. The summed E-state index contributed by atoms with van der Waals surface area (Å²) < 4.78 is 6.00. The van der Waals surface area contributed by atoms with E-state index in [1.54, 1.807) is 30.5 Å². The molecule has 3 rings (SSSR count). The van der Waals surface area contributed by atoms with Crippen molar-refractivity contribution in [2.45, 2.75) is 9.96 Å². The molecule has 156 valence electrons. The van der Waals surface area contributed by atoms with Gasteiger partial charge in [-0.1, -0.05) is 17.4 Å². The van der Waals surface area contributed by atoms with Gasteiger partial charge in [-0.2, -0.15) is 0 Å². The Balaban J connectivity index is 1.60. The van der Waals surface area contributed by atoms with E-state index in [9.17, 15) is 14.7 Å². The topological polar surface area (TPSA) is 91.8 Å². The third-order valence-corrected chi connectivity index (χ3v) is 6.40. The highest BCUT2D eigenvalue weighted by atomic mass is 32.2. The molecule has 0 saturated heterocycles. The van der Waals surface area contributed by atoms with Gasteiger partial charge in [0.15, 0.2) is 5.13 Å². The first-order valence-electron chi connectivity index (χ1n) is 8.95. The highest BCUT2D eigenvalue weighted by Gasteiger charge is 2.13. The number of aromatic carboxylic acids is 1. The number of thiazole rings is 1. The standard InChI is InChI=1S/C21H21N3O4S2/c1-24(2)15-7-5-14(6-8-15)19(25)23-21-22-11-18(30-21)29-12-13-4-9-17(28-3)16(10-13)20(26)27/h4-11H,12H2,1-3H3,(H,26,27)(H,22,23,25). The summed E-state index contributed by atoms with van der Waals surface area (Å²) in [4.78, 5) is 30.0. The smallest absolute Gasteiger partial charge is 0.339 e. The molecule has 2 N–H and O–H groups in total. The Hall–Kier alpha value is -3.04. The molecule has 0 aliphatic rings. The molecular weight excluding hydrogens is 422 g/mol. The summed E-state index contributed by atoms with van der Waals surface area (Å²) in [6.07, 6.45) is 1.70. The number of nitrogens with zero attached hydrogens (tertiary/aromatic N) is 2.